The lowest BCUT2D eigenvalue weighted by Gasteiger charge is -2.36. The maximum Gasteiger partial charge on any atom is 0.123 e. The minimum atomic E-state index is -0.233. The monoisotopic (exact) mass is 266 g/mol. The Morgan fingerprint density at radius 1 is 1.37 bits per heavy atom. The fraction of sp³-hybridized carbons (Fsp3) is 0.600. The Kier molecular flexibility index (Phi) is 5.16. The first-order valence-corrected chi connectivity index (χ1v) is 7.05. The zero-order chi connectivity index (χ0) is 13.7. The molecule has 4 heteroatoms. The van der Waals surface area contributed by atoms with Crippen LogP contribution in [0, 0.1) is 11.7 Å². The number of likely N-dealkylation sites (tertiary alicyclic amines) is 1. The largest absolute Gasteiger partial charge is 0.492 e. The Morgan fingerprint density at radius 2 is 2.11 bits per heavy atom. The molecule has 0 aliphatic carbocycles. The highest BCUT2D eigenvalue weighted by atomic mass is 19.1. The van der Waals surface area contributed by atoms with Crippen LogP contribution in [0.1, 0.15) is 19.8 Å². The zero-order valence-corrected chi connectivity index (χ0v) is 11.5. The van der Waals surface area contributed by atoms with E-state index in [0.717, 1.165) is 38.2 Å². The average Bonchev–Trinajstić information content (AvgIpc) is 2.43. The van der Waals surface area contributed by atoms with Crippen LogP contribution in [0.25, 0.3) is 0 Å². The van der Waals surface area contributed by atoms with Crippen LogP contribution >= 0.6 is 0 Å². The first-order chi connectivity index (χ1) is 9.19. The summed E-state index contributed by atoms with van der Waals surface area (Å²) in [4.78, 5) is 2.40. The Hall–Kier alpha value is -1.13. The van der Waals surface area contributed by atoms with Crippen molar-refractivity contribution in [3.05, 3.63) is 30.1 Å². The molecule has 106 valence electrons. The smallest absolute Gasteiger partial charge is 0.123 e. The topological polar surface area (TPSA) is 38.5 Å². The van der Waals surface area contributed by atoms with Gasteiger partial charge in [0.2, 0.25) is 0 Å². The van der Waals surface area contributed by atoms with Gasteiger partial charge in [-0.3, -0.25) is 4.90 Å². The van der Waals surface area contributed by atoms with E-state index in [9.17, 15) is 4.39 Å². The lowest BCUT2D eigenvalue weighted by atomic mass is 9.91. The lowest BCUT2D eigenvalue weighted by Crippen LogP contribution is -2.47. The van der Waals surface area contributed by atoms with E-state index in [4.69, 9.17) is 10.5 Å². The fourth-order valence-corrected chi connectivity index (χ4v) is 2.58. The molecule has 0 saturated carbocycles. The second-order valence-electron chi connectivity index (χ2n) is 5.22. The number of rotatable bonds is 5. The van der Waals surface area contributed by atoms with Crippen molar-refractivity contribution in [2.24, 2.45) is 11.7 Å². The normalized spacial score (nSPS) is 24.4. The summed E-state index contributed by atoms with van der Waals surface area (Å²) in [6, 6.07) is 6.51. The van der Waals surface area contributed by atoms with Crippen molar-refractivity contribution < 1.29 is 9.13 Å². The van der Waals surface area contributed by atoms with Crippen LogP contribution in [-0.4, -0.2) is 37.2 Å². The highest BCUT2D eigenvalue weighted by molar-refractivity contribution is 5.21. The van der Waals surface area contributed by atoms with Crippen molar-refractivity contribution in [3.8, 4) is 5.75 Å². The van der Waals surface area contributed by atoms with Gasteiger partial charge in [-0.1, -0.05) is 13.3 Å². The van der Waals surface area contributed by atoms with Crippen LogP contribution in [0.3, 0.4) is 0 Å². The molecule has 0 amide bonds. The van der Waals surface area contributed by atoms with Crippen molar-refractivity contribution >= 4 is 0 Å². The number of hydrogen-bond acceptors (Lipinski definition) is 3. The maximum absolute atomic E-state index is 12.7. The van der Waals surface area contributed by atoms with Crippen LogP contribution in [-0.2, 0) is 0 Å². The van der Waals surface area contributed by atoms with Gasteiger partial charge in [-0.05, 0) is 43.1 Å². The van der Waals surface area contributed by atoms with Crippen LogP contribution in [0.2, 0.25) is 0 Å². The first-order valence-electron chi connectivity index (χ1n) is 7.05. The first kappa shape index (κ1) is 14.3. The summed E-state index contributed by atoms with van der Waals surface area (Å²) < 4.78 is 18.4. The molecule has 1 aromatic carbocycles. The highest BCUT2D eigenvalue weighted by Crippen LogP contribution is 2.18. The molecule has 1 aliphatic rings. The molecule has 1 aliphatic heterocycles. The molecule has 1 saturated heterocycles. The van der Waals surface area contributed by atoms with Crippen LogP contribution in [0.4, 0.5) is 4.39 Å². The quantitative estimate of drug-likeness (QED) is 0.888. The van der Waals surface area contributed by atoms with E-state index in [1.165, 1.54) is 12.1 Å². The number of ether oxygens (including phenoxy) is 1. The number of halogens is 1. The van der Waals surface area contributed by atoms with Gasteiger partial charge in [0.15, 0.2) is 0 Å². The van der Waals surface area contributed by atoms with Crippen LogP contribution in [0.15, 0.2) is 24.3 Å². The van der Waals surface area contributed by atoms with E-state index < -0.39 is 0 Å². The fourth-order valence-electron chi connectivity index (χ4n) is 2.58. The molecule has 2 N–H and O–H groups in total. The molecule has 0 aromatic heterocycles. The van der Waals surface area contributed by atoms with Crippen LogP contribution < -0.4 is 10.5 Å². The van der Waals surface area contributed by atoms with Crippen molar-refractivity contribution in [1.29, 1.82) is 0 Å². The molecular formula is C15H23FN2O. The number of nitrogens with zero attached hydrogens (tertiary/aromatic N) is 1. The summed E-state index contributed by atoms with van der Waals surface area (Å²) in [5.41, 5.74) is 6.09. The summed E-state index contributed by atoms with van der Waals surface area (Å²) in [5, 5.41) is 0. The number of nitrogens with two attached hydrogens (primary N) is 1. The minimum Gasteiger partial charge on any atom is -0.492 e. The predicted octanol–water partition coefficient (Wildman–Crippen LogP) is 2.26. The van der Waals surface area contributed by atoms with Gasteiger partial charge >= 0.3 is 0 Å². The van der Waals surface area contributed by atoms with Gasteiger partial charge in [-0.15, -0.1) is 0 Å². The van der Waals surface area contributed by atoms with Crippen LogP contribution in [0.5, 0.6) is 5.75 Å². The van der Waals surface area contributed by atoms with Gasteiger partial charge in [0.25, 0.3) is 0 Å². The standard InChI is InChI=1S/C15H23FN2O/c1-2-12-11-18(8-7-15(12)17)9-10-19-14-5-3-13(16)4-6-14/h3-6,12,15H,2,7-11,17H2,1H3. The summed E-state index contributed by atoms with van der Waals surface area (Å²) >= 11 is 0. The van der Waals surface area contributed by atoms with E-state index in [1.54, 1.807) is 12.1 Å². The second kappa shape index (κ2) is 6.87. The lowest BCUT2D eigenvalue weighted by molar-refractivity contribution is 0.130. The van der Waals surface area contributed by atoms with Gasteiger partial charge in [0, 0.05) is 19.1 Å². The molecule has 0 spiro atoms. The number of benzene rings is 1. The molecule has 2 unspecified atom stereocenters. The number of hydrogen-bond donors (Lipinski definition) is 1. The average molecular weight is 266 g/mol. The Bertz CT molecular complexity index is 382. The molecule has 0 radical (unpaired) electrons. The molecular weight excluding hydrogens is 243 g/mol. The molecule has 2 rings (SSSR count). The third kappa shape index (κ3) is 4.18. The van der Waals surface area contributed by atoms with Crippen molar-refractivity contribution in [2.75, 3.05) is 26.2 Å². The third-order valence-corrected chi connectivity index (χ3v) is 3.89. The zero-order valence-electron chi connectivity index (χ0n) is 11.5. The second-order valence-corrected chi connectivity index (χ2v) is 5.22. The van der Waals surface area contributed by atoms with Gasteiger partial charge in [-0.25, -0.2) is 4.39 Å². The highest BCUT2D eigenvalue weighted by Gasteiger charge is 2.24. The van der Waals surface area contributed by atoms with E-state index >= 15 is 0 Å². The number of piperidine rings is 1. The van der Waals surface area contributed by atoms with E-state index in [-0.39, 0.29) is 5.82 Å². The maximum atomic E-state index is 12.7. The van der Waals surface area contributed by atoms with E-state index in [1.807, 2.05) is 0 Å². The Labute approximate surface area is 114 Å². The molecule has 3 nitrogen and oxygen atoms in total. The van der Waals surface area contributed by atoms with Crippen molar-refractivity contribution in [1.82, 2.24) is 4.90 Å². The van der Waals surface area contributed by atoms with Gasteiger partial charge in [0.1, 0.15) is 18.2 Å². The summed E-state index contributed by atoms with van der Waals surface area (Å²) in [6.45, 7) is 5.84. The molecule has 1 fully saturated rings. The Morgan fingerprint density at radius 3 is 2.79 bits per heavy atom. The summed E-state index contributed by atoms with van der Waals surface area (Å²) in [5.74, 6) is 1.09. The van der Waals surface area contributed by atoms with E-state index in [0.29, 0.717) is 18.6 Å². The van der Waals surface area contributed by atoms with Gasteiger partial charge in [-0.2, -0.15) is 0 Å². The summed E-state index contributed by atoms with van der Waals surface area (Å²) in [7, 11) is 0. The Balaban J connectivity index is 1.72. The molecule has 2 atom stereocenters. The van der Waals surface area contributed by atoms with Gasteiger partial charge in [0.05, 0.1) is 0 Å². The van der Waals surface area contributed by atoms with Crippen molar-refractivity contribution in [2.45, 2.75) is 25.8 Å². The molecule has 1 aromatic rings. The van der Waals surface area contributed by atoms with Gasteiger partial charge < -0.3 is 10.5 Å². The van der Waals surface area contributed by atoms with E-state index in [2.05, 4.69) is 11.8 Å². The third-order valence-electron chi connectivity index (χ3n) is 3.89. The summed E-state index contributed by atoms with van der Waals surface area (Å²) in [6.07, 6.45) is 2.20. The predicted molar refractivity (Wildman–Crippen MR) is 74.7 cm³/mol. The molecule has 0 bridgehead atoms. The SMILES string of the molecule is CCC1CN(CCOc2ccc(F)cc2)CCC1N. The molecule has 1 heterocycles. The minimum absolute atomic E-state index is 0.233. The van der Waals surface area contributed by atoms with Crippen molar-refractivity contribution in [3.63, 3.8) is 0 Å². The molecule has 19 heavy (non-hydrogen) atoms.